The van der Waals surface area contributed by atoms with Gasteiger partial charge in [0.1, 0.15) is 0 Å². The summed E-state index contributed by atoms with van der Waals surface area (Å²) in [5.41, 5.74) is 1.97. The Bertz CT molecular complexity index is 666. The molecule has 0 radical (unpaired) electrons. The topological polar surface area (TPSA) is 40.9 Å². The van der Waals surface area contributed by atoms with Gasteiger partial charge in [-0.1, -0.05) is 29.8 Å². The Kier molecular flexibility index (Phi) is 4.12. The lowest BCUT2D eigenvalue weighted by Crippen LogP contribution is -1.93. The van der Waals surface area contributed by atoms with E-state index in [9.17, 15) is 4.79 Å². The van der Waals surface area contributed by atoms with Gasteiger partial charge in [0.15, 0.2) is 5.78 Å². The summed E-state index contributed by atoms with van der Waals surface area (Å²) in [7, 11) is 0. The molecule has 2 aromatic rings. The van der Waals surface area contributed by atoms with E-state index < -0.39 is 0 Å². The molecule has 0 fully saturated rings. The number of halogens is 1. The molecule has 0 spiro atoms. The lowest BCUT2D eigenvalue weighted by atomic mass is 10.1. The third kappa shape index (κ3) is 3.54. The van der Waals surface area contributed by atoms with Crippen molar-refractivity contribution in [1.82, 2.24) is 0 Å². The zero-order chi connectivity index (χ0) is 13.7. The molecule has 3 heteroatoms. The fraction of sp³-hybridized carbons (Fsp3) is 0. The van der Waals surface area contributed by atoms with E-state index in [4.69, 9.17) is 16.9 Å². The minimum atomic E-state index is -0.0981. The van der Waals surface area contributed by atoms with Gasteiger partial charge in [0.25, 0.3) is 0 Å². The van der Waals surface area contributed by atoms with Crippen LogP contribution in [0.4, 0.5) is 0 Å². The van der Waals surface area contributed by atoms with Crippen LogP contribution in [-0.4, -0.2) is 5.78 Å². The largest absolute Gasteiger partial charge is 0.289 e. The van der Waals surface area contributed by atoms with E-state index >= 15 is 0 Å². The van der Waals surface area contributed by atoms with Crippen molar-refractivity contribution in [2.24, 2.45) is 0 Å². The van der Waals surface area contributed by atoms with Gasteiger partial charge in [0, 0.05) is 10.6 Å². The lowest BCUT2D eigenvalue weighted by molar-refractivity contribution is 0.104. The average molecular weight is 268 g/mol. The van der Waals surface area contributed by atoms with E-state index in [0.29, 0.717) is 16.1 Å². The molecule has 0 unspecified atom stereocenters. The van der Waals surface area contributed by atoms with Crippen LogP contribution in [0.3, 0.4) is 0 Å². The molecule has 2 aromatic carbocycles. The molecular formula is C16H10ClNO. The van der Waals surface area contributed by atoms with Crippen molar-refractivity contribution in [3.63, 3.8) is 0 Å². The standard InChI is InChI=1S/C16H10ClNO/c17-15-7-5-14(6-8-15)16(19)9-4-12-2-1-3-13(10-12)11-18/h1-10H. The number of carbonyl (C=O) groups excluding carboxylic acids is 1. The van der Waals surface area contributed by atoms with Crippen molar-refractivity contribution in [3.05, 3.63) is 76.3 Å². The van der Waals surface area contributed by atoms with Crippen molar-refractivity contribution >= 4 is 23.5 Å². The average Bonchev–Trinajstić information content (AvgIpc) is 2.46. The smallest absolute Gasteiger partial charge is 0.185 e. The van der Waals surface area contributed by atoms with Crippen LogP contribution in [0.5, 0.6) is 0 Å². The van der Waals surface area contributed by atoms with Gasteiger partial charge >= 0.3 is 0 Å². The third-order valence-electron chi connectivity index (χ3n) is 2.57. The Morgan fingerprint density at radius 1 is 1.16 bits per heavy atom. The quantitative estimate of drug-likeness (QED) is 0.620. The first kappa shape index (κ1) is 13.1. The van der Waals surface area contributed by atoms with Crippen LogP contribution in [0.1, 0.15) is 21.5 Å². The van der Waals surface area contributed by atoms with E-state index in [2.05, 4.69) is 6.07 Å². The van der Waals surface area contributed by atoms with Crippen LogP contribution >= 0.6 is 11.6 Å². The molecule has 0 saturated carbocycles. The summed E-state index contributed by atoms with van der Waals surface area (Å²) in [6, 6.07) is 15.9. The summed E-state index contributed by atoms with van der Waals surface area (Å²) in [5, 5.41) is 9.39. The predicted octanol–water partition coefficient (Wildman–Crippen LogP) is 4.11. The monoisotopic (exact) mass is 267 g/mol. The molecule has 0 aliphatic heterocycles. The number of hydrogen-bond donors (Lipinski definition) is 0. The summed E-state index contributed by atoms with van der Waals surface area (Å²) in [5.74, 6) is -0.0981. The van der Waals surface area contributed by atoms with Crippen molar-refractivity contribution in [2.75, 3.05) is 0 Å². The molecule has 0 aliphatic rings. The Balaban J connectivity index is 2.16. The molecule has 2 rings (SSSR count). The van der Waals surface area contributed by atoms with E-state index in [0.717, 1.165) is 5.56 Å². The molecule has 19 heavy (non-hydrogen) atoms. The van der Waals surface area contributed by atoms with Crippen molar-refractivity contribution in [1.29, 1.82) is 5.26 Å². The number of hydrogen-bond acceptors (Lipinski definition) is 2. The number of allylic oxidation sites excluding steroid dienone is 1. The number of benzene rings is 2. The number of nitrogens with zero attached hydrogens (tertiary/aromatic N) is 1. The van der Waals surface area contributed by atoms with Gasteiger partial charge in [-0.25, -0.2) is 0 Å². The minimum Gasteiger partial charge on any atom is -0.289 e. The van der Waals surface area contributed by atoms with E-state index in [1.165, 1.54) is 6.08 Å². The first-order valence-corrected chi connectivity index (χ1v) is 6.05. The second-order valence-corrected chi connectivity index (χ2v) is 4.38. The Morgan fingerprint density at radius 3 is 2.58 bits per heavy atom. The van der Waals surface area contributed by atoms with Gasteiger partial charge < -0.3 is 0 Å². The van der Waals surface area contributed by atoms with Gasteiger partial charge in [-0.15, -0.1) is 0 Å². The Labute approximate surface area is 116 Å². The molecule has 0 atom stereocenters. The first-order chi connectivity index (χ1) is 9.19. The predicted molar refractivity (Wildman–Crippen MR) is 76.0 cm³/mol. The Morgan fingerprint density at radius 2 is 1.89 bits per heavy atom. The van der Waals surface area contributed by atoms with E-state index in [-0.39, 0.29) is 5.78 Å². The fourth-order valence-corrected chi connectivity index (χ4v) is 1.72. The first-order valence-electron chi connectivity index (χ1n) is 5.67. The highest BCUT2D eigenvalue weighted by Crippen LogP contribution is 2.11. The Hall–Kier alpha value is -2.37. The lowest BCUT2D eigenvalue weighted by Gasteiger charge is -1.96. The number of ketones is 1. The van der Waals surface area contributed by atoms with Crippen LogP contribution in [0.15, 0.2) is 54.6 Å². The highest BCUT2D eigenvalue weighted by molar-refractivity contribution is 6.30. The van der Waals surface area contributed by atoms with Crippen molar-refractivity contribution in [2.45, 2.75) is 0 Å². The number of rotatable bonds is 3. The molecular weight excluding hydrogens is 258 g/mol. The van der Waals surface area contributed by atoms with E-state index in [1.807, 2.05) is 6.07 Å². The van der Waals surface area contributed by atoms with Crippen molar-refractivity contribution in [3.8, 4) is 6.07 Å². The van der Waals surface area contributed by atoms with Gasteiger partial charge in [0.2, 0.25) is 0 Å². The van der Waals surface area contributed by atoms with Gasteiger partial charge in [-0.05, 0) is 48.0 Å². The molecule has 0 saturated heterocycles. The molecule has 0 heterocycles. The number of nitriles is 1. The van der Waals surface area contributed by atoms with Crippen LogP contribution in [-0.2, 0) is 0 Å². The van der Waals surface area contributed by atoms with Crippen molar-refractivity contribution < 1.29 is 4.79 Å². The minimum absolute atomic E-state index is 0.0981. The summed E-state index contributed by atoms with van der Waals surface area (Å²) in [6.45, 7) is 0. The SMILES string of the molecule is N#Cc1cccc(C=CC(=O)c2ccc(Cl)cc2)c1. The molecule has 2 nitrogen and oxygen atoms in total. The maximum atomic E-state index is 11.9. The highest BCUT2D eigenvalue weighted by Gasteiger charge is 2.01. The van der Waals surface area contributed by atoms with Crippen LogP contribution in [0.2, 0.25) is 5.02 Å². The fourth-order valence-electron chi connectivity index (χ4n) is 1.59. The molecule has 0 aromatic heterocycles. The van der Waals surface area contributed by atoms with Crippen LogP contribution in [0, 0.1) is 11.3 Å². The maximum Gasteiger partial charge on any atom is 0.185 e. The van der Waals surface area contributed by atoms with Gasteiger partial charge in [-0.2, -0.15) is 5.26 Å². The zero-order valence-corrected chi connectivity index (χ0v) is 10.8. The molecule has 92 valence electrons. The zero-order valence-electron chi connectivity index (χ0n) is 10.0. The molecule has 0 bridgehead atoms. The third-order valence-corrected chi connectivity index (χ3v) is 2.82. The molecule has 0 amide bonds. The van der Waals surface area contributed by atoms with Gasteiger partial charge in [-0.3, -0.25) is 4.79 Å². The number of carbonyl (C=O) groups is 1. The maximum absolute atomic E-state index is 11.9. The van der Waals surface area contributed by atoms with E-state index in [1.54, 1.807) is 48.5 Å². The summed E-state index contributed by atoms with van der Waals surface area (Å²) in [4.78, 5) is 11.9. The normalized spacial score (nSPS) is 10.3. The second kappa shape index (κ2) is 5.99. The summed E-state index contributed by atoms with van der Waals surface area (Å²) >= 11 is 5.76. The summed E-state index contributed by atoms with van der Waals surface area (Å²) < 4.78 is 0. The van der Waals surface area contributed by atoms with Crippen LogP contribution in [0.25, 0.3) is 6.08 Å². The van der Waals surface area contributed by atoms with Gasteiger partial charge in [0.05, 0.1) is 11.6 Å². The summed E-state index contributed by atoms with van der Waals surface area (Å²) in [6.07, 6.45) is 3.18. The molecule has 0 aliphatic carbocycles. The highest BCUT2D eigenvalue weighted by atomic mass is 35.5. The second-order valence-electron chi connectivity index (χ2n) is 3.94. The molecule has 0 N–H and O–H groups in total. The van der Waals surface area contributed by atoms with Crippen LogP contribution < -0.4 is 0 Å².